The third kappa shape index (κ3) is 4.22. The molecule has 0 aromatic heterocycles. The van der Waals surface area contributed by atoms with Crippen molar-refractivity contribution in [1.82, 2.24) is 5.32 Å². The molecule has 0 radical (unpaired) electrons. The van der Waals surface area contributed by atoms with Crippen LogP contribution in [0.5, 0.6) is 0 Å². The zero-order valence-electron chi connectivity index (χ0n) is 10.2. The maximum Gasteiger partial charge on any atom is 0.0462 e. The molecule has 0 aliphatic rings. The lowest BCUT2D eigenvalue weighted by molar-refractivity contribution is 0.579. The standard InChI is InChI=1S/C15H14BrCl2N/c16-13-7-6-12(14(18)8-13)10-19-15(9-17)11-4-2-1-3-5-11/h1-8,15,19H,9-10H2. The minimum absolute atomic E-state index is 0.127. The second kappa shape index (κ2) is 7.30. The van der Waals surface area contributed by atoms with E-state index >= 15 is 0 Å². The van der Waals surface area contributed by atoms with Crippen molar-refractivity contribution in [3.8, 4) is 0 Å². The average Bonchev–Trinajstić information content (AvgIpc) is 2.43. The molecular weight excluding hydrogens is 345 g/mol. The molecule has 0 saturated heterocycles. The van der Waals surface area contributed by atoms with E-state index in [0.717, 1.165) is 15.1 Å². The Morgan fingerprint density at radius 2 is 1.84 bits per heavy atom. The van der Waals surface area contributed by atoms with Crippen LogP contribution in [-0.4, -0.2) is 5.88 Å². The average molecular weight is 359 g/mol. The summed E-state index contributed by atoms with van der Waals surface area (Å²) in [5, 5.41) is 4.18. The summed E-state index contributed by atoms with van der Waals surface area (Å²) in [5.41, 5.74) is 2.25. The van der Waals surface area contributed by atoms with Crippen LogP contribution in [0.2, 0.25) is 5.02 Å². The van der Waals surface area contributed by atoms with Crippen LogP contribution in [0.15, 0.2) is 53.0 Å². The molecule has 4 heteroatoms. The summed E-state index contributed by atoms with van der Waals surface area (Å²) in [7, 11) is 0. The van der Waals surface area contributed by atoms with E-state index < -0.39 is 0 Å². The zero-order valence-corrected chi connectivity index (χ0v) is 13.3. The van der Waals surface area contributed by atoms with Gasteiger partial charge in [-0.3, -0.25) is 0 Å². The lowest BCUT2D eigenvalue weighted by Crippen LogP contribution is -2.22. The topological polar surface area (TPSA) is 12.0 Å². The Morgan fingerprint density at radius 3 is 2.47 bits per heavy atom. The number of nitrogens with one attached hydrogen (secondary N) is 1. The fourth-order valence-electron chi connectivity index (χ4n) is 1.85. The first-order valence-corrected chi connectivity index (χ1v) is 7.69. The lowest BCUT2D eigenvalue weighted by Gasteiger charge is -2.17. The lowest BCUT2D eigenvalue weighted by atomic mass is 10.1. The van der Waals surface area contributed by atoms with Gasteiger partial charge in [-0.05, 0) is 23.3 Å². The molecular formula is C15H14BrCl2N. The van der Waals surface area contributed by atoms with Gasteiger partial charge >= 0.3 is 0 Å². The predicted octanol–water partition coefficient (Wildman–Crippen LogP) is 5.17. The van der Waals surface area contributed by atoms with E-state index in [-0.39, 0.29) is 6.04 Å². The summed E-state index contributed by atoms with van der Waals surface area (Å²) in [4.78, 5) is 0. The summed E-state index contributed by atoms with van der Waals surface area (Å²) in [6, 6.07) is 16.2. The molecule has 1 unspecified atom stereocenters. The van der Waals surface area contributed by atoms with Crippen molar-refractivity contribution in [3.05, 3.63) is 69.2 Å². The molecule has 100 valence electrons. The molecule has 0 fully saturated rings. The number of halogens is 3. The van der Waals surface area contributed by atoms with Gasteiger partial charge in [0, 0.05) is 28.0 Å². The molecule has 0 aliphatic heterocycles. The quantitative estimate of drug-likeness (QED) is 0.727. The summed E-state index contributed by atoms with van der Waals surface area (Å²) in [6.45, 7) is 0.693. The van der Waals surface area contributed by atoms with E-state index in [4.69, 9.17) is 23.2 Å². The van der Waals surface area contributed by atoms with E-state index in [0.29, 0.717) is 12.4 Å². The summed E-state index contributed by atoms with van der Waals surface area (Å²) in [6.07, 6.45) is 0. The molecule has 0 amide bonds. The highest BCUT2D eigenvalue weighted by atomic mass is 79.9. The van der Waals surface area contributed by atoms with Gasteiger partial charge in [-0.2, -0.15) is 0 Å². The first-order valence-electron chi connectivity index (χ1n) is 5.99. The SMILES string of the molecule is ClCC(NCc1ccc(Br)cc1Cl)c1ccccc1. The van der Waals surface area contributed by atoms with Crippen LogP contribution in [-0.2, 0) is 6.54 Å². The van der Waals surface area contributed by atoms with Crippen molar-refractivity contribution in [3.63, 3.8) is 0 Å². The highest BCUT2D eigenvalue weighted by molar-refractivity contribution is 9.10. The van der Waals surface area contributed by atoms with Gasteiger partial charge in [-0.1, -0.05) is 63.9 Å². The molecule has 2 rings (SSSR count). The third-order valence-corrected chi connectivity index (χ3v) is 4.06. The Balaban J connectivity index is 2.04. The minimum atomic E-state index is 0.127. The number of benzene rings is 2. The van der Waals surface area contributed by atoms with Crippen molar-refractivity contribution in [2.75, 3.05) is 5.88 Å². The Kier molecular flexibility index (Phi) is 5.71. The molecule has 0 heterocycles. The van der Waals surface area contributed by atoms with Gasteiger partial charge in [-0.25, -0.2) is 0 Å². The molecule has 0 aliphatic carbocycles. The zero-order chi connectivity index (χ0) is 13.7. The molecule has 1 atom stereocenters. The molecule has 1 nitrogen and oxygen atoms in total. The number of alkyl halides is 1. The van der Waals surface area contributed by atoms with E-state index in [1.165, 1.54) is 5.56 Å². The maximum absolute atomic E-state index is 6.20. The van der Waals surface area contributed by atoms with Crippen LogP contribution in [0.1, 0.15) is 17.2 Å². The summed E-state index contributed by atoms with van der Waals surface area (Å²) < 4.78 is 0.984. The highest BCUT2D eigenvalue weighted by Gasteiger charge is 2.10. The highest BCUT2D eigenvalue weighted by Crippen LogP contribution is 2.22. The normalized spacial score (nSPS) is 12.4. The first-order chi connectivity index (χ1) is 9.20. The van der Waals surface area contributed by atoms with Gasteiger partial charge < -0.3 is 5.32 Å². The van der Waals surface area contributed by atoms with Crippen LogP contribution in [0.3, 0.4) is 0 Å². The summed E-state index contributed by atoms with van der Waals surface area (Å²) >= 11 is 15.6. The number of hydrogen-bond donors (Lipinski definition) is 1. The Hall–Kier alpha value is -0.540. The molecule has 19 heavy (non-hydrogen) atoms. The van der Waals surface area contributed by atoms with Crippen LogP contribution in [0.4, 0.5) is 0 Å². The van der Waals surface area contributed by atoms with Crippen molar-refractivity contribution in [2.45, 2.75) is 12.6 Å². The fourth-order valence-corrected chi connectivity index (χ4v) is 2.87. The third-order valence-electron chi connectivity index (χ3n) is 2.91. The molecule has 0 saturated carbocycles. The van der Waals surface area contributed by atoms with Gasteiger partial charge in [-0.15, -0.1) is 11.6 Å². The first kappa shape index (κ1) is 14.9. The molecule has 0 spiro atoms. The molecule has 2 aromatic rings. The number of hydrogen-bond acceptors (Lipinski definition) is 1. The molecule has 0 bridgehead atoms. The molecule has 1 N–H and O–H groups in total. The smallest absolute Gasteiger partial charge is 0.0462 e. The fraction of sp³-hybridized carbons (Fsp3) is 0.200. The molecule has 2 aromatic carbocycles. The van der Waals surface area contributed by atoms with E-state index in [2.05, 4.69) is 33.4 Å². The van der Waals surface area contributed by atoms with Gasteiger partial charge in [0.25, 0.3) is 0 Å². The Labute approximate surface area is 132 Å². The van der Waals surface area contributed by atoms with Crippen molar-refractivity contribution in [2.24, 2.45) is 0 Å². The van der Waals surface area contributed by atoms with Gasteiger partial charge in [0.15, 0.2) is 0 Å². The largest absolute Gasteiger partial charge is 0.305 e. The Morgan fingerprint density at radius 1 is 1.11 bits per heavy atom. The second-order valence-corrected chi connectivity index (χ2v) is 5.87. The second-order valence-electron chi connectivity index (χ2n) is 4.23. The van der Waals surface area contributed by atoms with Crippen molar-refractivity contribution in [1.29, 1.82) is 0 Å². The van der Waals surface area contributed by atoms with Crippen LogP contribution < -0.4 is 5.32 Å². The van der Waals surface area contributed by atoms with Crippen LogP contribution in [0, 0.1) is 0 Å². The summed E-state index contributed by atoms with van der Waals surface area (Å²) in [5.74, 6) is 0.526. The maximum atomic E-state index is 6.20. The monoisotopic (exact) mass is 357 g/mol. The van der Waals surface area contributed by atoms with E-state index in [9.17, 15) is 0 Å². The van der Waals surface area contributed by atoms with Gasteiger partial charge in [0.2, 0.25) is 0 Å². The van der Waals surface area contributed by atoms with Gasteiger partial charge in [0.1, 0.15) is 0 Å². The van der Waals surface area contributed by atoms with Crippen molar-refractivity contribution >= 4 is 39.1 Å². The van der Waals surface area contributed by atoms with E-state index in [1.54, 1.807) is 0 Å². The van der Waals surface area contributed by atoms with Crippen LogP contribution >= 0.6 is 39.1 Å². The van der Waals surface area contributed by atoms with Gasteiger partial charge in [0.05, 0.1) is 0 Å². The van der Waals surface area contributed by atoms with E-state index in [1.807, 2.05) is 36.4 Å². The Bertz CT molecular complexity index is 531. The van der Waals surface area contributed by atoms with Crippen molar-refractivity contribution < 1.29 is 0 Å². The minimum Gasteiger partial charge on any atom is -0.305 e. The van der Waals surface area contributed by atoms with Crippen LogP contribution in [0.25, 0.3) is 0 Å². The number of rotatable bonds is 5. The predicted molar refractivity (Wildman–Crippen MR) is 85.9 cm³/mol.